The van der Waals surface area contributed by atoms with Crippen LogP contribution in [-0.2, 0) is 16.1 Å². The van der Waals surface area contributed by atoms with Crippen LogP contribution in [0.2, 0.25) is 5.02 Å². The highest BCUT2D eigenvalue weighted by molar-refractivity contribution is 6.30. The van der Waals surface area contributed by atoms with Crippen molar-refractivity contribution in [1.82, 2.24) is 15.2 Å². The third-order valence-corrected chi connectivity index (χ3v) is 3.17. The molecule has 0 spiro atoms. The number of halogens is 1. The number of nitrogens with one attached hydrogen (secondary N) is 1. The molecule has 0 aliphatic carbocycles. The highest BCUT2D eigenvalue weighted by atomic mass is 35.5. The van der Waals surface area contributed by atoms with Crippen molar-refractivity contribution in [1.29, 1.82) is 0 Å². The van der Waals surface area contributed by atoms with Crippen LogP contribution in [0.1, 0.15) is 5.69 Å². The van der Waals surface area contributed by atoms with Crippen LogP contribution in [0.15, 0.2) is 18.3 Å². The zero-order valence-corrected chi connectivity index (χ0v) is 11.0. The first kappa shape index (κ1) is 13.3. The predicted octanol–water partition coefficient (Wildman–Crippen LogP) is 0.682. The molecule has 18 heavy (non-hydrogen) atoms. The van der Waals surface area contributed by atoms with E-state index < -0.39 is 0 Å². The molecule has 1 aromatic heterocycles. The summed E-state index contributed by atoms with van der Waals surface area (Å²) in [6, 6.07) is 3.29. The molecule has 0 radical (unpaired) electrons. The monoisotopic (exact) mass is 269 g/mol. The number of rotatable bonds is 3. The molecule has 1 unspecified atom stereocenters. The lowest BCUT2D eigenvalue weighted by molar-refractivity contribution is -0.132. The Morgan fingerprint density at radius 2 is 2.56 bits per heavy atom. The Bertz CT molecular complexity index is 428. The van der Waals surface area contributed by atoms with E-state index in [4.69, 9.17) is 16.3 Å². The second-order valence-electron chi connectivity index (χ2n) is 4.14. The third-order valence-electron chi connectivity index (χ3n) is 2.93. The summed E-state index contributed by atoms with van der Waals surface area (Å²) in [6.07, 6.45) is 1.67. The molecule has 1 aliphatic heterocycles. The quantitative estimate of drug-likeness (QED) is 0.877. The van der Waals surface area contributed by atoms with Crippen LogP contribution in [-0.4, -0.2) is 48.6 Å². The highest BCUT2D eigenvalue weighted by Crippen LogP contribution is 2.14. The smallest absolute Gasteiger partial charge is 0.239 e. The summed E-state index contributed by atoms with van der Waals surface area (Å²) in [4.78, 5) is 18.1. The molecule has 1 aromatic rings. The lowest BCUT2D eigenvalue weighted by Gasteiger charge is -2.33. The minimum Gasteiger partial charge on any atom is -0.378 e. The molecule has 6 heteroatoms. The number of hydrogen-bond acceptors (Lipinski definition) is 4. The summed E-state index contributed by atoms with van der Waals surface area (Å²) in [6.45, 7) is 2.36. The van der Waals surface area contributed by atoms with Crippen molar-refractivity contribution in [3.05, 3.63) is 29.0 Å². The number of nitrogens with zero attached hydrogens (tertiary/aromatic N) is 2. The Morgan fingerprint density at radius 1 is 1.72 bits per heavy atom. The topological polar surface area (TPSA) is 54.5 Å². The Morgan fingerprint density at radius 3 is 3.28 bits per heavy atom. The first-order valence-electron chi connectivity index (χ1n) is 5.84. The number of morpholine rings is 1. The van der Waals surface area contributed by atoms with Gasteiger partial charge in [0.2, 0.25) is 5.91 Å². The van der Waals surface area contributed by atoms with Crippen molar-refractivity contribution < 1.29 is 9.53 Å². The second-order valence-corrected chi connectivity index (χ2v) is 4.58. The number of carbonyl (C=O) groups excluding carboxylic acids is 1. The van der Waals surface area contributed by atoms with Crippen LogP contribution < -0.4 is 5.32 Å². The van der Waals surface area contributed by atoms with Gasteiger partial charge in [-0.15, -0.1) is 0 Å². The Kier molecular flexibility index (Phi) is 4.52. The van der Waals surface area contributed by atoms with Gasteiger partial charge in [-0.2, -0.15) is 0 Å². The number of hydrogen-bond donors (Lipinski definition) is 1. The van der Waals surface area contributed by atoms with E-state index in [0.29, 0.717) is 31.3 Å². The molecule has 1 amide bonds. The van der Waals surface area contributed by atoms with Crippen molar-refractivity contribution in [3.8, 4) is 0 Å². The average molecular weight is 270 g/mol. The molecule has 1 aliphatic rings. The van der Waals surface area contributed by atoms with Crippen LogP contribution in [0.4, 0.5) is 0 Å². The number of pyridine rings is 1. The van der Waals surface area contributed by atoms with Gasteiger partial charge in [-0.05, 0) is 12.1 Å². The Hall–Kier alpha value is -1.17. The molecule has 0 aromatic carbocycles. The Balaban J connectivity index is 2.07. The van der Waals surface area contributed by atoms with Crippen molar-refractivity contribution in [2.24, 2.45) is 0 Å². The van der Waals surface area contributed by atoms with Gasteiger partial charge in [-0.1, -0.05) is 11.6 Å². The van der Waals surface area contributed by atoms with Crippen molar-refractivity contribution >= 4 is 17.5 Å². The second kappa shape index (κ2) is 6.13. The van der Waals surface area contributed by atoms with Crippen LogP contribution in [0.3, 0.4) is 0 Å². The van der Waals surface area contributed by atoms with Gasteiger partial charge in [0, 0.05) is 31.4 Å². The SMILES string of the molecule is CNC(=O)C1COCCN1Cc1cc(Cl)ccn1. The molecule has 5 nitrogen and oxygen atoms in total. The van der Waals surface area contributed by atoms with Gasteiger partial charge in [0.1, 0.15) is 6.04 Å². The van der Waals surface area contributed by atoms with E-state index in [9.17, 15) is 4.79 Å². The summed E-state index contributed by atoms with van der Waals surface area (Å²) < 4.78 is 5.35. The van der Waals surface area contributed by atoms with Crippen LogP contribution in [0.25, 0.3) is 0 Å². The van der Waals surface area contributed by atoms with Gasteiger partial charge in [0.25, 0.3) is 0 Å². The van der Waals surface area contributed by atoms with Gasteiger partial charge in [-0.25, -0.2) is 0 Å². The van der Waals surface area contributed by atoms with Gasteiger partial charge in [0.15, 0.2) is 0 Å². The third kappa shape index (κ3) is 3.19. The lowest BCUT2D eigenvalue weighted by Crippen LogP contribution is -2.52. The molecule has 0 saturated carbocycles. The van der Waals surface area contributed by atoms with E-state index in [1.807, 2.05) is 6.07 Å². The zero-order chi connectivity index (χ0) is 13.0. The van der Waals surface area contributed by atoms with Crippen molar-refractivity contribution in [2.75, 3.05) is 26.8 Å². The van der Waals surface area contributed by atoms with E-state index in [-0.39, 0.29) is 11.9 Å². The fourth-order valence-corrected chi connectivity index (χ4v) is 2.16. The van der Waals surface area contributed by atoms with Gasteiger partial charge < -0.3 is 10.1 Å². The van der Waals surface area contributed by atoms with E-state index in [0.717, 1.165) is 5.69 Å². The molecule has 0 bridgehead atoms. The molecule has 1 N–H and O–H groups in total. The van der Waals surface area contributed by atoms with Gasteiger partial charge in [-0.3, -0.25) is 14.7 Å². The molecule has 2 rings (SSSR count). The normalized spacial score (nSPS) is 20.7. The van der Waals surface area contributed by atoms with Crippen LogP contribution in [0.5, 0.6) is 0 Å². The highest BCUT2D eigenvalue weighted by Gasteiger charge is 2.28. The maximum atomic E-state index is 11.8. The summed E-state index contributed by atoms with van der Waals surface area (Å²) in [7, 11) is 1.63. The molecule has 2 heterocycles. The maximum absolute atomic E-state index is 11.8. The predicted molar refractivity (Wildman–Crippen MR) is 68.3 cm³/mol. The maximum Gasteiger partial charge on any atom is 0.239 e. The fourth-order valence-electron chi connectivity index (χ4n) is 1.98. The van der Waals surface area contributed by atoms with Crippen LogP contribution in [0, 0.1) is 0 Å². The number of ether oxygens (including phenoxy) is 1. The minimum atomic E-state index is -0.260. The standard InChI is InChI=1S/C12H16ClN3O2/c1-14-12(17)11-8-18-5-4-16(11)7-10-6-9(13)2-3-15-10/h2-3,6,11H,4-5,7-8H2,1H3,(H,14,17). The number of aromatic nitrogens is 1. The molecule has 1 saturated heterocycles. The van der Waals surface area contributed by atoms with E-state index in [1.165, 1.54) is 0 Å². The zero-order valence-electron chi connectivity index (χ0n) is 10.2. The van der Waals surface area contributed by atoms with Gasteiger partial charge >= 0.3 is 0 Å². The number of amides is 1. The average Bonchev–Trinajstić information content (AvgIpc) is 2.38. The minimum absolute atomic E-state index is 0.0308. The largest absolute Gasteiger partial charge is 0.378 e. The summed E-state index contributed by atoms with van der Waals surface area (Å²) in [5.41, 5.74) is 0.860. The van der Waals surface area contributed by atoms with Crippen LogP contribution >= 0.6 is 11.6 Å². The first-order valence-corrected chi connectivity index (χ1v) is 6.22. The molecule has 1 atom stereocenters. The van der Waals surface area contributed by atoms with Crippen molar-refractivity contribution in [3.63, 3.8) is 0 Å². The number of likely N-dealkylation sites (N-methyl/N-ethyl adjacent to an activating group) is 1. The molecular weight excluding hydrogens is 254 g/mol. The molecule has 98 valence electrons. The van der Waals surface area contributed by atoms with E-state index in [2.05, 4.69) is 15.2 Å². The first-order chi connectivity index (χ1) is 8.70. The lowest BCUT2D eigenvalue weighted by atomic mass is 10.2. The van der Waals surface area contributed by atoms with Crippen molar-refractivity contribution in [2.45, 2.75) is 12.6 Å². The Labute approximate surface area is 111 Å². The summed E-state index contributed by atoms with van der Waals surface area (Å²) >= 11 is 5.93. The summed E-state index contributed by atoms with van der Waals surface area (Å²) in [5, 5.41) is 3.31. The van der Waals surface area contributed by atoms with E-state index >= 15 is 0 Å². The van der Waals surface area contributed by atoms with Gasteiger partial charge in [0.05, 0.1) is 18.9 Å². The molecule has 1 fully saturated rings. The number of carbonyl (C=O) groups is 1. The van der Waals surface area contributed by atoms with E-state index in [1.54, 1.807) is 19.3 Å². The summed E-state index contributed by atoms with van der Waals surface area (Å²) in [5.74, 6) is -0.0308. The fraction of sp³-hybridized carbons (Fsp3) is 0.500. The molecular formula is C12H16ClN3O2.